The topological polar surface area (TPSA) is 0 Å². The van der Waals surface area contributed by atoms with Gasteiger partial charge in [0.15, 0.2) is 0 Å². The van der Waals surface area contributed by atoms with Gasteiger partial charge in [0, 0.05) is 0 Å². The highest BCUT2D eigenvalue weighted by atomic mass is 14.1. The lowest BCUT2D eigenvalue weighted by Crippen LogP contribution is -1.96. The molecule has 0 saturated carbocycles. The molecule has 1 atom stereocenters. The van der Waals surface area contributed by atoms with Crippen molar-refractivity contribution in [2.24, 2.45) is 5.92 Å². The number of allylic oxidation sites excluding steroid dienone is 10. The molecule has 0 spiro atoms. The molecule has 0 aliphatic heterocycles. The second kappa shape index (κ2) is 10.3. The minimum atomic E-state index is 0.571. The van der Waals surface area contributed by atoms with Crippen molar-refractivity contribution in [3.63, 3.8) is 0 Å². The van der Waals surface area contributed by atoms with E-state index in [4.69, 9.17) is 0 Å². The van der Waals surface area contributed by atoms with Crippen LogP contribution in [0.25, 0.3) is 0 Å². The lowest BCUT2D eigenvalue weighted by molar-refractivity contribution is 0.613. The van der Waals surface area contributed by atoms with Crippen molar-refractivity contribution in [1.29, 1.82) is 0 Å². The Labute approximate surface area is 126 Å². The van der Waals surface area contributed by atoms with E-state index in [-0.39, 0.29) is 0 Å². The standard InChI is InChI=1S/C20H30/c1-8-11-17(6)20(10-3)15-13-18(7)19(9-2)14-12-16(4)5/h9-10,12-15,17H,3-4,8,11H2,1-2,5-7H3/b14-12-,18-13+,19-9+,20-15+/t17-/m1/s1. The Hall–Kier alpha value is -1.56. The summed E-state index contributed by atoms with van der Waals surface area (Å²) in [6.07, 6.45) is 15.1. The van der Waals surface area contributed by atoms with E-state index in [9.17, 15) is 0 Å². The maximum absolute atomic E-state index is 3.93. The second-order valence-corrected chi connectivity index (χ2v) is 5.33. The molecule has 0 heterocycles. The highest BCUT2D eigenvalue weighted by Crippen LogP contribution is 2.19. The summed E-state index contributed by atoms with van der Waals surface area (Å²) >= 11 is 0. The van der Waals surface area contributed by atoms with Crippen molar-refractivity contribution in [3.8, 4) is 0 Å². The summed E-state index contributed by atoms with van der Waals surface area (Å²) in [5.41, 5.74) is 4.87. The molecule has 0 aromatic heterocycles. The first-order chi connectivity index (χ1) is 9.46. The van der Waals surface area contributed by atoms with Gasteiger partial charge in [-0.2, -0.15) is 0 Å². The van der Waals surface area contributed by atoms with Crippen molar-refractivity contribution in [2.75, 3.05) is 0 Å². The molecule has 0 bridgehead atoms. The van der Waals surface area contributed by atoms with Gasteiger partial charge in [-0.05, 0) is 49.8 Å². The Bertz CT molecular complexity index is 439. The third-order valence-electron chi connectivity index (χ3n) is 3.37. The molecule has 0 rings (SSSR count). The van der Waals surface area contributed by atoms with Gasteiger partial charge in [-0.3, -0.25) is 0 Å². The third kappa shape index (κ3) is 7.13. The van der Waals surface area contributed by atoms with Gasteiger partial charge in [0.05, 0.1) is 0 Å². The van der Waals surface area contributed by atoms with Crippen LogP contribution in [0.15, 0.2) is 71.9 Å². The van der Waals surface area contributed by atoms with Crippen LogP contribution in [-0.4, -0.2) is 0 Å². The lowest BCUT2D eigenvalue weighted by Gasteiger charge is -2.11. The van der Waals surface area contributed by atoms with Gasteiger partial charge >= 0.3 is 0 Å². The van der Waals surface area contributed by atoms with Crippen LogP contribution in [0.4, 0.5) is 0 Å². The van der Waals surface area contributed by atoms with Gasteiger partial charge in [0.1, 0.15) is 0 Å². The normalized spacial score (nSPS) is 15.6. The molecule has 0 aliphatic carbocycles. The summed E-state index contributed by atoms with van der Waals surface area (Å²) in [7, 11) is 0. The van der Waals surface area contributed by atoms with Crippen LogP contribution in [-0.2, 0) is 0 Å². The van der Waals surface area contributed by atoms with E-state index < -0.39 is 0 Å². The minimum absolute atomic E-state index is 0.571. The van der Waals surface area contributed by atoms with Gasteiger partial charge in [-0.1, -0.05) is 75.5 Å². The smallest absolute Gasteiger partial charge is 0.0191 e. The summed E-state index contributed by atoms with van der Waals surface area (Å²) in [6, 6.07) is 0. The largest absolute Gasteiger partial charge is 0.0988 e. The van der Waals surface area contributed by atoms with Gasteiger partial charge in [-0.25, -0.2) is 0 Å². The summed E-state index contributed by atoms with van der Waals surface area (Å²) < 4.78 is 0. The van der Waals surface area contributed by atoms with Crippen LogP contribution < -0.4 is 0 Å². The third-order valence-corrected chi connectivity index (χ3v) is 3.37. The van der Waals surface area contributed by atoms with E-state index >= 15 is 0 Å². The molecule has 0 aromatic carbocycles. The molecule has 110 valence electrons. The van der Waals surface area contributed by atoms with Crippen molar-refractivity contribution in [3.05, 3.63) is 71.9 Å². The maximum atomic E-state index is 3.93. The van der Waals surface area contributed by atoms with Crippen LogP contribution in [0.5, 0.6) is 0 Å². The predicted octanol–water partition coefficient (Wildman–Crippen LogP) is 6.56. The molecule has 0 aromatic rings. The molecule has 0 amide bonds. The van der Waals surface area contributed by atoms with Gasteiger partial charge in [0.2, 0.25) is 0 Å². The van der Waals surface area contributed by atoms with E-state index in [0.717, 1.165) is 5.57 Å². The first-order valence-electron chi connectivity index (χ1n) is 7.47. The van der Waals surface area contributed by atoms with Crippen LogP contribution >= 0.6 is 0 Å². The van der Waals surface area contributed by atoms with Crippen molar-refractivity contribution in [1.82, 2.24) is 0 Å². The average molecular weight is 270 g/mol. The highest BCUT2D eigenvalue weighted by molar-refractivity contribution is 5.42. The quantitative estimate of drug-likeness (QED) is 0.438. The van der Waals surface area contributed by atoms with Crippen LogP contribution in [0.3, 0.4) is 0 Å². The van der Waals surface area contributed by atoms with E-state index in [0.29, 0.717) is 5.92 Å². The zero-order chi connectivity index (χ0) is 15.5. The Morgan fingerprint density at radius 1 is 1.15 bits per heavy atom. The molecule has 0 nitrogen and oxygen atoms in total. The molecule has 0 heteroatoms. The van der Waals surface area contributed by atoms with Crippen molar-refractivity contribution < 1.29 is 0 Å². The predicted molar refractivity (Wildman–Crippen MR) is 93.8 cm³/mol. The molecule has 0 saturated heterocycles. The molecule has 0 aliphatic rings. The summed E-state index contributed by atoms with van der Waals surface area (Å²) in [4.78, 5) is 0. The first kappa shape index (κ1) is 18.4. The Morgan fingerprint density at radius 2 is 1.80 bits per heavy atom. The zero-order valence-electron chi connectivity index (χ0n) is 13.9. The van der Waals surface area contributed by atoms with E-state index in [1.807, 2.05) is 19.1 Å². The van der Waals surface area contributed by atoms with Crippen LogP contribution in [0.1, 0.15) is 47.5 Å². The molecule has 0 fully saturated rings. The molecular formula is C20H30. The van der Waals surface area contributed by atoms with Crippen LogP contribution in [0, 0.1) is 5.92 Å². The number of hydrogen-bond acceptors (Lipinski definition) is 0. The van der Waals surface area contributed by atoms with Crippen LogP contribution in [0.2, 0.25) is 0 Å². The zero-order valence-corrected chi connectivity index (χ0v) is 13.9. The van der Waals surface area contributed by atoms with E-state index in [1.165, 1.54) is 29.6 Å². The first-order valence-corrected chi connectivity index (χ1v) is 7.47. The van der Waals surface area contributed by atoms with E-state index in [2.05, 4.69) is 65.2 Å². The van der Waals surface area contributed by atoms with Gasteiger partial charge < -0.3 is 0 Å². The lowest BCUT2D eigenvalue weighted by atomic mass is 9.95. The SMILES string of the molecule is C=C\C(=C/C=C(C)/C(/C=C\C(=C)C)=C/C)[C@H](C)CCC. The van der Waals surface area contributed by atoms with Crippen molar-refractivity contribution in [2.45, 2.75) is 47.5 Å². The molecule has 0 N–H and O–H groups in total. The number of hydrogen-bond donors (Lipinski definition) is 0. The Kier molecular flexibility index (Phi) is 9.45. The molecule has 20 heavy (non-hydrogen) atoms. The molecule has 0 unspecified atom stereocenters. The molecule has 0 radical (unpaired) electrons. The summed E-state index contributed by atoms with van der Waals surface area (Å²) in [5, 5.41) is 0. The highest BCUT2D eigenvalue weighted by Gasteiger charge is 2.03. The fourth-order valence-corrected chi connectivity index (χ4v) is 2.04. The van der Waals surface area contributed by atoms with Crippen molar-refractivity contribution >= 4 is 0 Å². The summed E-state index contributed by atoms with van der Waals surface area (Å²) in [6.45, 7) is 18.5. The fraction of sp³-hybridized carbons (Fsp3) is 0.400. The van der Waals surface area contributed by atoms with Gasteiger partial charge in [0.25, 0.3) is 0 Å². The Morgan fingerprint density at radius 3 is 2.25 bits per heavy atom. The van der Waals surface area contributed by atoms with E-state index in [1.54, 1.807) is 0 Å². The fourth-order valence-electron chi connectivity index (χ4n) is 2.04. The number of rotatable bonds is 8. The summed E-state index contributed by atoms with van der Waals surface area (Å²) in [5.74, 6) is 0.571. The minimum Gasteiger partial charge on any atom is -0.0988 e. The second-order valence-electron chi connectivity index (χ2n) is 5.33. The maximum Gasteiger partial charge on any atom is -0.0191 e. The Balaban J connectivity index is 5.10. The average Bonchev–Trinajstić information content (AvgIpc) is 2.40. The monoisotopic (exact) mass is 270 g/mol. The van der Waals surface area contributed by atoms with Gasteiger partial charge in [-0.15, -0.1) is 0 Å². The molecular weight excluding hydrogens is 240 g/mol.